The summed E-state index contributed by atoms with van der Waals surface area (Å²) in [5.74, 6) is 1.30. The lowest BCUT2D eigenvalue weighted by molar-refractivity contribution is 0.0547. The van der Waals surface area contributed by atoms with Crippen molar-refractivity contribution in [3.05, 3.63) is 77.4 Å². The highest BCUT2D eigenvalue weighted by Crippen LogP contribution is 2.12. The number of nitrogens with one attached hydrogen (secondary N) is 2. The van der Waals surface area contributed by atoms with Crippen LogP contribution in [0.2, 0.25) is 0 Å². The van der Waals surface area contributed by atoms with Gasteiger partial charge in [-0.05, 0) is 23.3 Å². The lowest BCUT2D eigenvalue weighted by atomic mass is 10.1. The van der Waals surface area contributed by atoms with Gasteiger partial charge in [0.15, 0.2) is 0 Å². The number of hydrogen-bond donors (Lipinski definition) is 3. The second-order valence-electron chi connectivity index (χ2n) is 6.98. The number of aromatic nitrogens is 3. The fourth-order valence-electron chi connectivity index (χ4n) is 2.86. The summed E-state index contributed by atoms with van der Waals surface area (Å²) < 4.78 is 23.9. The summed E-state index contributed by atoms with van der Waals surface area (Å²) in [5.41, 5.74) is 7.41. The normalized spacial score (nSPS) is 10.8. The van der Waals surface area contributed by atoms with E-state index in [1.165, 1.54) is 12.1 Å². The second-order valence-corrected chi connectivity index (χ2v) is 6.98. The van der Waals surface area contributed by atoms with Crippen molar-refractivity contribution in [2.75, 3.05) is 50.2 Å². The second kappa shape index (κ2) is 13.3. The molecule has 0 saturated carbocycles. The molecule has 0 aliphatic rings. The van der Waals surface area contributed by atoms with Gasteiger partial charge in [-0.2, -0.15) is 15.0 Å². The molecule has 8 nitrogen and oxygen atoms in total. The molecule has 0 spiro atoms. The van der Waals surface area contributed by atoms with Crippen LogP contribution in [0.1, 0.15) is 17.0 Å². The van der Waals surface area contributed by atoms with Crippen molar-refractivity contribution >= 4 is 11.9 Å². The molecule has 0 fully saturated rings. The average Bonchev–Trinajstić information content (AvgIpc) is 2.81. The molecule has 0 radical (unpaired) electrons. The van der Waals surface area contributed by atoms with Crippen molar-refractivity contribution in [1.29, 1.82) is 0 Å². The van der Waals surface area contributed by atoms with E-state index in [2.05, 4.69) is 25.6 Å². The van der Waals surface area contributed by atoms with Gasteiger partial charge in [-0.15, -0.1) is 0 Å². The van der Waals surface area contributed by atoms with Gasteiger partial charge < -0.3 is 25.8 Å². The Hall–Kier alpha value is -3.14. The highest BCUT2D eigenvalue weighted by atomic mass is 19.1. The minimum atomic E-state index is -0.265. The van der Waals surface area contributed by atoms with Crippen LogP contribution < -0.4 is 16.4 Å². The van der Waals surface area contributed by atoms with Crippen molar-refractivity contribution < 1.29 is 13.9 Å². The van der Waals surface area contributed by atoms with E-state index in [9.17, 15) is 4.39 Å². The average molecular weight is 441 g/mol. The molecule has 2 aromatic carbocycles. The molecule has 32 heavy (non-hydrogen) atoms. The van der Waals surface area contributed by atoms with Crippen molar-refractivity contribution in [2.24, 2.45) is 5.73 Å². The number of ether oxygens (including phenoxy) is 2. The van der Waals surface area contributed by atoms with Crippen LogP contribution in [0.25, 0.3) is 0 Å². The van der Waals surface area contributed by atoms with Gasteiger partial charge in [0, 0.05) is 26.1 Å². The van der Waals surface area contributed by atoms with E-state index >= 15 is 0 Å². The van der Waals surface area contributed by atoms with E-state index in [0.29, 0.717) is 70.2 Å². The van der Waals surface area contributed by atoms with Crippen LogP contribution in [-0.2, 0) is 22.4 Å². The minimum absolute atomic E-state index is 0.265. The molecule has 170 valence electrons. The molecule has 9 heteroatoms. The van der Waals surface area contributed by atoms with E-state index in [4.69, 9.17) is 15.2 Å². The number of nitrogens with two attached hydrogens (primary N) is 1. The van der Waals surface area contributed by atoms with Gasteiger partial charge in [0.1, 0.15) is 11.6 Å². The molecule has 0 saturated heterocycles. The first kappa shape index (κ1) is 23.5. The maximum absolute atomic E-state index is 13.1. The van der Waals surface area contributed by atoms with Crippen LogP contribution in [0.3, 0.4) is 0 Å². The van der Waals surface area contributed by atoms with E-state index in [-0.39, 0.29) is 5.82 Å². The number of hydrogen-bond acceptors (Lipinski definition) is 8. The largest absolute Gasteiger partial charge is 0.378 e. The zero-order valence-corrected chi connectivity index (χ0v) is 18.0. The van der Waals surface area contributed by atoms with Crippen LogP contribution in [-0.4, -0.2) is 54.5 Å². The Bertz CT molecular complexity index is 928. The van der Waals surface area contributed by atoms with Crippen molar-refractivity contribution in [1.82, 2.24) is 15.0 Å². The van der Waals surface area contributed by atoms with Gasteiger partial charge >= 0.3 is 0 Å². The van der Waals surface area contributed by atoms with Gasteiger partial charge in [-0.3, -0.25) is 0 Å². The molecule has 3 aromatic rings. The van der Waals surface area contributed by atoms with E-state index in [1.807, 2.05) is 30.3 Å². The molecular formula is C23H29FN6O2. The maximum atomic E-state index is 13.1. The predicted molar refractivity (Wildman–Crippen MR) is 122 cm³/mol. The molecule has 3 rings (SSSR count). The van der Waals surface area contributed by atoms with Crippen molar-refractivity contribution in [2.45, 2.75) is 13.0 Å². The first-order chi connectivity index (χ1) is 15.7. The Morgan fingerprint density at radius 1 is 0.750 bits per heavy atom. The fourth-order valence-corrected chi connectivity index (χ4v) is 2.86. The number of halogens is 1. The molecule has 1 heterocycles. The lowest BCUT2D eigenvalue weighted by Crippen LogP contribution is -2.17. The predicted octanol–water partition coefficient (Wildman–Crippen LogP) is 2.62. The summed E-state index contributed by atoms with van der Waals surface area (Å²) in [5, 5.41) is 6.38. The SMILES string of the molecule is NCCOCCOCCNc1nc(Cc2ccccc2)nc(NCc2ccc(F)cc2)n1. The first-order valence-electron chi connectivity index (χ1n) is 10.6. The third-order valence-electron chi connectivity index (χ3n) is 4.41. The van der Waals surface area contributed by atoms with Gasteiger partial charge in [-0.1, -0.05) is 42.5 Å². The maximum Gasteiger partial charge on any atom is 0.228 e. The van der Waals surface area contributed by atoms with Crippen LogP contribution in [0.4, 0.5) is 16.3 Å². The number of nitrogens with zero attached hydrogens (tertiary/aromatic N) is 3. The van der Waals surface area contributed by atoms with Crippen LogP contribution >= 0.6 is 0 Å². The third kappa shape index (κ3) is 8.54. The zero-order valence-electron chi connectivity index (χ0n) is 18.0. The van der Waals surface area contributed by atoms with E-state index in [1.54, 1.807) is 12.1 Å². The molecule has 0 aliphatic carbocycles. The quantitative estimate of drug-likeness (QED) is 0.329. The summed E-state index contributed by atoms with van der Waals surface area (Å²) in [7, 11) is 0. The third-order valence-corrected chi connectivity index (χ3v) is 4.41. The summed E-state index contributed by atoms with van der Waals surface area (Å²) in [6.45, 7) is 3.56. The summed E-state index contributed by atoms with van der Waals surface area (Å²) in [6, 6.07) is 16.3. The van der Waals surface area contributed by atoms with E-state index < -0.39 is 0 Å². The Balaban J connectivity index is 1.58. The van der Waals surface area contributed by atoms with Crippen molar-refractivity contribution in [3.63, 3.8) is 0 Å². The van der Waals surface area contributed by atoms with Gasteiger partial charge in [0.25, 0.3) is 0 Å². The minimum Gasteiger partial charge on any atom is -0.378 e. The highest BCUT2D eigenvalue weighted by Gasteiger charge is 2.08. The highest BCUT2D eigenvalue weighted by molar-refractivity contribution is 5.36. The summed E-state index contributed by atoms with van der Waals surface area (Å²) in [4.78, 5) is 13.5. The fraction of sp³-hybridized carbons (Fsp3) is 0.348. The van der Waals surface area contributed by atoms with Crippen LogP contribution in [0, 0.1) is 5.82 Å². The number of benzene rings is 2. The number of rotatable bonds is 14. The van der Waals surface area contributed by atoms with Crippen LogP contribution in [0.15, 0.2) is 54.6 Å². The molecular weight excluding hydrogens is 411 g/mol. The van der Waals surface area contributed by atoms with E-state index in [0.717, 1.165) is 11.1 Å². The molecule has 0 bridgehead atoms. The zero-order chi connectivity index (χ0) is 22.4. The molecule has 0 aliphatic heterocycles. The number of anilines is 2. The van der Waals surface area contributed by atoms with Crippen molar-refractivity contribution in [3.8, 4) is 0 Å². The molecule has 4 N–H and O–H groups in total. The summed E-state index contributed by atoms with van der Waals surface area (Å²) in [6.07, 6.45) is 0.582. The molecule has 0 atom stereocenters. The van der Waals surface area contributed by atoms with Crippen LogP contribution in [0.5, 0.6) is 0 Å². The van der Waals surface area contributed by atoms with Gasteiger partial charge in [0.2, 0.25) is 11.9 Å². The Morgan fingerprint density at radius 2 is 1.44 bits per heavy atom. The Labute approximate surface area is 187 Å². The Morgan fingerprint density at radius 3 is 2.16 bits per heavy atom. The summed E-state index contributed by atoms with van der Waals surface area (Å²) >= 11 is 0. The topological polar surface area (TPSA) is 107 Å². The first-order valence-corrected chi connectivity index (χ1v) is 10.6. The van der Waals surface area contributed by atoms with Gasteiger partial charge in [-0.25, -0.2) is 4.39 Å². The molecule has 0 amide bonds. The molecule has 1 aromatic heterocycles. The standard InChI is InChI=1S/C23H29FN6O2/c24-20-8-6-19(7-9-20)17-27-23-29-21(16-18-4-2-1-3-5-18)28-22(30-23)26-11-13-32-15-14-31-12-10-25/h1-9H,10-17,25H2,(H2,26,27,28,29,30). The Kier molecular flexibility index (Phi) is 9.78. The monoisotopic (exact) mass is 440 g/mol. The lowest BCUT2D eigenvalue weighted by Gasteiger charge is -2.11. The molecule has 0 unspecified atom stereocenters. The smallest absolute Gasteiger partial charge is 0.228 e. The van der Waals surface area contributed by atoms with Gasteiger partial charge in [0.05, 0.1) is 26.4 Å².